The predicted molar refractivity (Wildman–Crippen MR) is 200 cm³/mol. The van der Waals surface area contributed by atoms with Crippen molar-refractivity contribution in [2.24, 2.45) is 5.41 Å². The third-order valence-corrected chi connectivity index (χ3v) is 11.7. The molecule has 1 aliphatic rings. The second kappa shape index (κ2) is 23.1. The van der Waals surface area contributed by atoms with E-state index in [4.69, 9.17) is 33.7 Å². The van der Waals surface area contributed by atoms with Crippen LogP contribution in [0.2, 0.25) is 0 Å². The number of rotatable bonds is 28. The zero-order chi connectivity index (χ0) is 43.1. The van der Waals surface area contributed by atoms with Gasteiger partial charge in [0.25, 0.3) is 0 Å². The third kappa shape index (κ3) is 16.7. The van der Waals surface area contributed by atoms with Gasteiger partial charge in [0.05, 0.1) is 26.1 Å². The lowest BCUT2D eigenvalue weighted by molar-refractivity contribution is -0.137. The van der Waals surface area contributed by atoms with Gasteiger partial charge in [-0.15, -0.1) is 0 Å². The Labute approximate surface area is 336 Å². The number of nitrogens with zero attached hydrogens (tertiary/aromatic N) is 4. The van der Waals surface area contributed by atoms with Crippen LogP contribution in [0, 0.1) is 5.41 Å². The summed E-state index contributed by atoms with van der Waals surface area (Å²) in [4.78, 5) is 75.7. The number of phosphoric acid groups is 3. The van der Waals surface area contributed by atoms with Crippen LogP contribution in [0.15, 0.2) is 12.7 Å². The summed E-state index contributed by atoms with van der Waals surface area (Å²) in [5.41, 5.74) is 4.29. The van der Waals surface area contributed by atoms with E-state index in [1.165, 1.54) is 13.8 Å². The number of anilines is 1. The fraction of sp³-hybridized carbons (Fsp3) is 0.750. The maximum Gasteiger partial charge on any atom is 0.481 e. The minimum Gasteiger partial charge on any atom is -0.386 e. The first-order valence-corrected chi connectivity index (χ1v) is 23.0. The summed E-state index contributed by atoms with van der Waals surface area (Å²) in [5, 5.41) is 26.5. The number of nitrogens with one attached hydrogen (secondary N) is 2. The van der Waals surface area contributed by atoms with Crippen LogP contribution in [0.25, 0.3) is 11.2 Å². The van der Waals surface area contributed by atoms with E-state index in [1.807, 2.05) is 6.92 Å². The van der Waals surface area contributed by atoms with Crippen molar-refractivity contribution in [1.82, 2.24) is 30.2 Å². The molecule has 0 aromatic carbocycles. The number of fused-ring (bicyclic) bond motifs is 1. The van der Waals surface area contributed by atoms with Crippen molar-refractivity contribution >= 4 is 64.0 Å². The molecule has 0 saturated carbocycles. The number of aliphatic hydroxyl groups is 2. The summed E-state index contributed by atoms with van der Waals surface area (Å²) in [6.45, 7) is 4.07. The van der Waals surface area contributed by atoms with E-state index in [2.05, 4.69) is 34.4 Å². The number of ether oxygens (including phenoxy) is 4. The lowest BCUT2D eigenvalue weighted by Crippen LogP contribution is -2.46. The lowest BCUT2D eigenvalue weighted by atomic mass is 9.87. The first kappa shape index (κ1) is 50.1. The topological polar surface area (TPSA) is 374 Å². The van der Waals surface area contributed by atoms with Crippen LogP contribution < -0.4 is 16.4 Å². The van der Waals surface area contributed by atoms with Crippen molar-refractivity contribution in [1.29, 1.82) is 0 Å². The van der Waals surface area contributed by atoms with Crippen molar-refractivity contribution in [3.8, 4) is 0 Å². The van der Waals surface area contributed by atoms with Crippen molar-refractivity contribution in [3.63, 3.8) is 0 Å². The average molecular weight is 914 g/mol. The maximum atomic E-state index is 12.7. The first-order chi connectivity index (χ1) is 27.2. The number of nitrogens with two attached hydrogens (primary N) is 1. The molecule has 0 radical (unpaired) electrons. The Kier molecular flexibility index (Phi) is 20.0. The average Bonchev–Trinajstić information content (AvgIpc) is 3.70. The van der Waals surface area contributed by atoms with Crippen LogP contribution in [-0.4, -0.2) is 150 Å². The number of nitrogen functional groups attached to an aromatic ring is 1. The molecule has 0 spiro atoms. The van der Waals surface area contributed by atoms with Crippen molar-refractivity contribution in [3.05, 3.63) is 12.7 Å². The fourth-order valence-corrected chi connectivity index (χ4v) is 8.35. The SMILES string of the molecule is CCCOCOCOCCSCCNC(=O)CCNC(=O)C(O)C(C)(C)COP(=O)(O)OP(=O)(O)OC[C@H]1O[C@@H](n2cnc3c(N)ncnc32)[C@H](O)[C@@H]1OP(=O)(O)O. The third-order valence-electron chi connectivity index (χ3n) is 7.70. The molecule has 2 amide bonds. The largest absolute Gasteiger partial charge is 0.481 e. The van der Waals surface area contributed by atoms with Gasteiger partial charge in [-0.3, -0.25) is 27.7 Å². The predicted octanol–water partition coefficient (Wildman–Crippen LogP) is -0.487. The lowest BCUT2D eigenvalue weighted by Gasteiger charge is -2.30. The molecule has 58 heavy (non-hydrogen) atoms. The van der Waals surface area contributed by atoms with E-state index in [9.17, 15) is 53.1 Å². The Balaban J connectivity index is 1.41. The minimum atomic E-state index is -5.56. The fourth-order valence-electron chi connectivity index (χ4n) is 4.84. The highest BCUT2D eigenvalue weighted by Crippen LogP contribution is 2.61. The quantitative estimate of drug-likeness (QED) is 0.0295. The highest BCUT2D eigenvalue weighted by Gasteiger charge is 2.50. The molecule has 3 rings (SSSR count). The van der Waals surface area contributed by atoms with Crippen LogP contribution in [0.3, 0.4) is 0 Å². The van der Waals surface area contributed by atoms with E-state index in [0.29, 0.717) is 31.3 Å². The first-order valence-electron chi connectivity index (χ1n) is 17.4. The molecule has 7 atom stereocenters. The zero-order valence-electron chi connectivity index (χ0n) is 31.6. The van der Waals surface area contributed by atoms with Crippen LogP contribution in [0.1, 0.15) is 39.8 Å². The molecule has 3 unspecified atom stereocenters. The standard InChI is InChI=1S/C28H50N7O19P3S/c1-4-8-47-16-49-17-48-9-11-58-10-7-30-19(36)5-6-31-26(39)23(38)28(2,3)13-51-57(45,46)54-56(43,44)50-12-18-22(53-55(40,41)42)21(37)27(52-18)35-15-34-20-24(29)32-14-33-25(20)35/h14-15,18,21-23,27,37-38H,4-13,16-17H2,1-3H3,(H,30,36)(H,31,39)(H,43,44)(H,45,46)(H2,29,32,33)(H2,40,41,42)/t18-,21-,22-,23?,27-/m1/s1. The zero-order valence-corrected chi connectivity index (χ0v) is 35.1. The molecule has 26 nitrogen and oxygen atoms in total. The van der Waals surface area contributed by atoms with Crippen LogP contribution in [0.5, 0.6) is 0 Å². The number of aromatic nitrogens is 4. The number of imidazole rings is 1. The summed E-state index contributed by atoms with van der Waals surface area (Å²) < 4.78 is 77.8. The highest BCUT2D eigenvalue weighted by molar-refractivity contribution is 7.99. The molecule has 0 bridgehead atoms. The molecule has 2 aromatic heterocycles. The Bertz CT molecular complexity index is 1770. The van der Waals surface area contributed by atoms with Crippen LogP contribution in [-0.2, 0) is 60.1 Å². The van der Waals surface area contributed by atoms with Crippen LogP contribution >= 0.6 is 35.2 Å². The molecular formula is C28H50N7O19P3S. The van der Waals surface area contributed by atoms with Gasteiger partial charge in [0, 0.05) is 43.0 Å². The molecule has 2 aromatic rings. The van der Waals surface area contributed by atoms with Gasteiger partial charge in [-0.05, 0) is 6.42 Å². The van der Waals surface area contributed by atoms with E-state index in [0.717, 1.165) is 23.6 Å². The molecule has 30 heteroatoms. The van der Waals surface area contributed by atoms with Gasteiger partial charge in [-0.2, -0.15) is 16.1 Å². The maximum absolute atomic E-state index is 12.7. The molecule has 3 heterocycles. The summed E-state index contributed by atoms with van der Waals surface area (Å²) >= 11 is 1.55. The normalized spacial score (nSPS) is 21.4. The van der Waals surface area contributed by atoms with Gasteiger partial charge in [-0.25, -0.2) is 28.6 Å². The number of thioether (sulfide) groups is 1. The van der Waals surface area contributed by atoms with Gasteiger partial charge in [-0.1, -0.05) is 20.8 Å². The second-order valence-corrected chi connectivity index (χ2v) is 18.4. The van der Waals surface area contributed by atoms with Gasteiger partial charge in [0.15, 0.2) is 17.7 Å². The monoisotopic (exact) mass is 913 g/mol. The van der Waals surface area contributed by atoms with Crippen molar-refractivity contribution < 1.29 is 89.9 Å². The summed E-state index contributed by atoms with van der Waals surface area (Å²) in [6.07, 6.45) is -5.92. The Morgan fingerprint density at radius 2 is 1.69 bits per heavy atom. The summed E-state index contributed by atoms with van der Waals surface area (Å²) in [6, 6.07) is 0. The van der Waals surface area contributed by atoms with E-state index in [-0.39, 0.29) is 49.4 Å². The molecule has 1 fully saturated rings. The second-order valence-electron chi connectivity index (χ2n) is 12.9. The minimum absolute atomic E-state index is 0.0340. The molecule has 1 saturated heterocycles. The van der Waals surface area contributed by atoms with Crippen molar-refractivity contribution in [2.75, 3.05) is 70.3 Å². The molecule has 0 aliphatic carbocycles. The number of hydrogen-bond acceptors (Lipinski definition) is 20. The highest BCUT2D eigenvalue weighted by atomic mass is 32.2. The van der Waals surface area contributed by atoms with Gasteiger partial charge < -0.3 is 65.1 Å². The van der Waals surface area contributed by atoms with E-state index < -0.39 is 78.6 Å². The van der Waals surface area contributed by atoms with Gasteiger partial charge in [0.1, 0.15) is 49.8 Å². The van der Waals surface area contributed by atoms with E-state index in [1.54, 1.807) is 11.8 Å². The number of aliphatic hydroxyl groups excluding tert-OH is 2. The number of hydrogen-bond donors (Lipinski definition) is 9. The number of phosphoric ester groups is 3. The molecule has 10 N–H and O–H groups in total. The van der Waals surface area contributed by atoms with Gasteiger partial charge in [0.2, 0.25) is 11.8 Å². The summed E-state index contributed by atoms with van der Waals surface area (Å²) in [5.74, 6) is -0.0712. The molecule has 332 valence electrons. The van der Waals surface area contributed by atoms with Crippen LogP contribution in [0.4, 0.5) is 5.82 Å². The molecule has 1 aliphatic heterocycles. The molecular weight excluding hydrogens is 863 g/mol. The smallest absolute Gasteiger partial charge is 0.386 e. The Hall–Kier alpha value is -2.23. The van der Waals surface area contributed by atoms with Crippen molar-refractivity contribution in [2.45, 2.75) is 64.3 Å². The van der Waals surface area contributed by atoms with Gasteiger partial charge >= 0.3 is 23.5 Å². The summed E-state index contributed by atoms with van der Waals surface area (Å²) in [7, 11) is -16.4. The number of carbonyl (C=O) groups excluding carboxylic acids is 2. The van der Waals surface area contributed by atoms with E-state index >= 15 is 0 Å². The number of amides is 2. The Morgan fingerprint density at radius 1 is 1.00 bits per heavy atom. The number of carbonyl (C=O) groups is 2. The Morgan fingerprint density at radius 3 is 2.38 bits per heavy atom.